The van der Waals surface area contributed by atoms with Crippen LogP contribution in [0.25, 0.3) is 0 Å². The van der Waals surface area contributed by atoms with Crippen molar-refractivity contribution in [3.63, 3.8) is 0 Å². The van der Waals surface area contributed by atoms with Gasteiger partial charge in [-0.25, -0.2) is 0 Å². The molecule has 2 heteroatoms. The van der Waals surface area contributed by atoms with Crippen molar-refractivity contribution >= 4 is 11.3 Å². The van der Waals surface area contributed by atoms with Crippen LogP contribution in [0.1, 0.15) is 29.2 Å². The minimum absolute atomic E-state index is 0.892. The molecule has 2 aromatic rings. The van der Waals surface area contributed by atoms with E-state index in [9.17, 15) is 5.11 Å². The zero-order valence-electron chi connectivity index (χ0n) is 9.82. The third kappa shape index (κ3) is 2.04. The number of thiophene rings is 1. The van der Waals surface area contributed by atoms with Gasteiger partial charge in [-0.1, -0.05) is 29.3 Å². The third-order valence-corrected chi connectivity index (χ3v) is 3.55. The molecule has 1 N–H and O–H groups in total. The van der Waals surface area contributed by atoms with Crippen molar-refractivity contribution in [1.29, 1.82) is 0 Å². The van der Waals surface area contributed by atoms with Crippen LogP contribution in [0.5, 0.6) is 0 Å². The van der Waals surface area contributed by atoms with Crippen LogP contribution in [0.15, 0.2) is 35.0 Å². The molecular formula is C14H16OS. The number of rotatable bonds is 2. The Balaban J connectivity index is 2.51. The maximum atomic E-state index is 10.6. The lowest BCUT2D eigenvalue weighted by Gasteiger charge is -2.24. The fourth-order valence-corrected chi connectivity index (χ4v) is 2.72. The van der Waals surface area contributed by atoms with E-state index in [1.807, 2.05) is 35.9 Å². The smallest absolute Gasteiger partial charge is 0.113 e. The summed E-state index contributed by atoms with van der Waals surface area (Å²) >= 11 is 1.61. The highest BCUT2D eigenvalue weighted by atomic mass is 32.1. The Morgan fingerprint density at radius 3 is 2.19 bits per heavy atom. The molecule has 0 fully saturated rings. The number of aliphatic hydroxyl groups is 1. The van der Waals surface area contributed by atoms with Crippen LogP contribution in [-0.4, -0.2) is 5.11 Å². The van der Waals surface area contributed by atoms with Crippen LogP contribution in [0.2, 0.25) is 0 Å². The highest BCUT2D eigenvalue weighted by Crippen LogP contribution is 2.31. The summed E-state index contributed by atoms with van der Waals surface area (Å²) < 4.78 is 0. The van der Waals surface area contributed by atoms with Crippen molar-refractivity contribution in [2.45, 2.75) is 26.4 Å². The van der Waals surface area contributed by atoms with Crippen LogP contribution in [0.3, 0.4) is 0 Å². The van der Waals surface area contributed by atoms with E-state index in [1.54, 1.807) is 11.3 Å². The second kappa shape index (κ2) is 4.04. The summed E-state index contributed by atoms with van der Waals surface area (Å²) in [6.45, 7) is 5.96. The van der Waals surface area contributed by atoms with E-state index in [2.05, 4.69) is 19.9 Å². The largest absolute Gasteiger partial charge is 0.381 e. The summed E-state index contributed by atoms with van der Waals surface area (Å²) in [5.41, 5.74) is 3.40. The molecule has 1 atom stereocenters. The molecule has 1 aromatic heterocycles. The first-order valence-corrected chi connectivity index (χ1v) is 6.28. The van der Waals surface area contributed by atoms with Gasteiger partial charge in [-0.2, -0.15) is 11.3 Å². The summed E-state index contributed by atoms with van der Waals surface area (Å²) in [5.74, 6) is 0. The maximum Gasteiger partial charge on any atom is 0.113 e. The van der Waals surface area contributed by atoms with Crippen LogP contribution in [0.4, 0.5) is 0 Å². The van der Waals surface area contributed by atoms with Gasteiger partial charge in [0.25, 0.3) is 0 Å². The van der Waals surface area contributed by atoms with Gasteiger partial charge in [0.2, 0.25) is 0 Å². The molecule has 16 heavy (non-hydrogen) atoms. The molecule has 1 aromatic carbocycles. The van der Waals surface area contributed by atoms with Crippen molar-refractivity contribution in [1.82, 2.24) is 0 Å². The van der Waals surface area contributed by atoms with E-state index < -0.39 is 5.60 Å². The quantitative estimate of drug-likeness (QED) is 0.838. The molecule has 1 nitrogen and oxygen atoms in total. The van der Waals surface area contributed by atoms with Gasteiger partial charge in [0.1, 0.15) is 5.60 Å². The van der Waals surface area contributed by atoms with E-state index in [0.29, 0.717) is 0 Å². The Kier molecular flexibility index (Phi) is 2.87. The molecule has 0 aliphatic heterocycles. The minimum atomic E-state index is -0.892. The summed E-state index contributed by atoms with van der Waals surface area (Å²) in [6.07, 6.45) is 0. The molecule has 84 valence electrons. The molecule has 0 amide bonds. The first-order valence-electron chi connectivity index (χ1n) is 5.34. The van der Waals surface area contributed by atoms with Gasteiger partial charge in [-0.15, -0.1) is 0 Å². The van der Waals surface area contributed by atoms with E-state index in [-0.39, 0.29) is 0 Å². The SMILES string of the molecule is Cc1cc(C)cc(C(C)(O)c2ccsc2)c1. The average Bonchev–Trinajstić information content (AvgIpc) is 2.69. The van der Waals surface area contributed by atoms with Crippen molar-refractivity contribution < 1.29 is 5.11 Å². The Morgan fingerprint density at radius 2 is 1.69 bits per heavy atom. The highest BCUT2D eigenvalue weighted by molar-refractivity contribution is 7.08. The normalized spacial score (nSPS) is 14.8. The zero-order chi connectivity index (χ0) is 11.8. The highest BCUT2D eigenvalue weighted by Gasteiger charge is 2.26. The maximum absolute atomic E-state index is 10.6. The van der Waals surface area contributed by atoms with Crippen LogP contribution in [-0.2, 0) is 5.60 Å². The summed E-state index contributed by atoms with van der Waals surface area (Å²) in [4.78, 5) is 0. The van der Waals surface area contributed by atoms with Gasteiger partial charge < -0.3 is 5.11 Å². The molecule has 0 saturated heterocycles. The molecule has 1 unspecified atom stereocenters. The van der Waals surface area contributed by atoms with Crippen molar-refractivity contribution in [2.75, 3.05) is 0 Å². The second-order valence-corrected chi connectivity index (χ2v) is 5.24. The molecule has 1 heterocycles. The van der Waals surface area contributed by atoms with E-state index in [0.717, 1.165) is 11.1 Å². The predicted octanol–water partition coefficient (Wildman–Crippen LogP) is 3.62. The zero-order valence-corrected chi connectivity index (χ0v) is 10.6. The molecule has 2 rings (SSSR count). The van der Waals surface area contributed by atoms with E-state index in [1.165, 1.54) is 11.1 Å². The first kappa shape index (κ1) is 11.4. The summed E-state index contributed by atoms with van der Waals surface area (Å²) in [5, 5.41) is 14.6. The topological polar surface area (TPSA) is 20.2 Å². The molecule has 0 aliphatic rings. The average molecular weight is 232 g/mol. The first-order chi connectivity index (χ1) is 7.50. The van der Waals surface area contributed by atoms with Crippen LogP contribution in [0, 0.1) is 13.8 Å². The fourth-order valence-electron chi connectivity index (χ4n) is 1.96. The van der Waals surface area contributed by atoms with Gasteiger partial charge in [-0.05, 0) is 48.7 Å². The lowest BCUT2D eigenvalue weighted by molar-refractivity contribution is 0.103. The monoisotopic (exact) mass is 232 g/mol. The molecule has 0 saturated carbocycles. The second-order valence-electron chi connectivity index (χ2n) is 4.46. The lowest BCUT2D eigenvalue weighted by atomic mass is 9.88. The Labute approximate surface area is 100 Å². The molecule has 0 aliphatic carbocycles. The summed E-state index contributed by atoms with van der Waals surface area (Å²) in [7, 11) is 0. The minimum Gasteiger partial charge on any atom is -0.381 e. The van der Waals surface area contributed by atoms with Gasteiger partial charge >= 0.3 is 0 Å². The molecule has 0 radical (unpaired) electrons. The predicted molar refractivity (Wildman–Crippen MR) is 68.9 cm³/mol. The number of benzene rings is 1. The Morgan fingerprint density at radius 1 is 1.06 bits per heavy atom. The molecular weight excluding hydrogens is 216 g/mol. The standard InChI is InChI=1S/C14H16OS/c1-10-6-11(2)8-13(7-10)14(3,15)12-4-5-16-9-12/h4-9,15H,1-3H3. The molecule has 0 bridgehead atoms. The number of aryl methyl sites for hydroxylation is 2. The van der Waals surface area contributed by atoms with Crippen molar-refractivity contribution in [3.8, 4) is 0 Å². The van der Waals surface area contributed by atoms with E-state index in [4.69, 9.17) is 0 Å². The summed E-state index contributed by atoms with van der Waals surface area (Å²) in [6, 6.07) is 8.19. The fraction of sp³-hybridized carbons (Fsp3) is 0.286. The van der Waals surface area contributed by atoms with Gasteiger partial charge in [0.15, 0.2) is 0 Å². The van der Waals surface area contributed by atoms with Gasteiger partial charge in [-0.3, -0.25) is 0 Å². The van der Waals surface area contributed by atoms with Crippen molar-refractivity contribution in [2.24, 2.45) is 0 Å². The lowest BCUT2D eigenvalue weighted by Crippen LogP contribution is -2.22. The van der Waals surface area contributed by atoms with Gasteiger partial charge in [0.05, 0.1) is 0 Å². The van der Waals surface area contributed by atoms with Crippen LogP contribution < -0.4 is 0 Å². The molecule has 0 spiro atoms. The number of hydrogen-bond donors (Lipinski definition) is 1. The Bertz CT molecular complexity index is 463. The Hall–Kier alpha value is -1.12. The van der Waals surface area contributed by atoms with Crippen molar-refractivity contribution in [3.05, 3.63) is 57.3 Å². The number of hydrogen-bond acceptors (Lipinski definition) is 2. The van der Waals surface area contributed by atoms with Crippen LogP contribution >= 0.6 is 11.3 Å². The van der Waals surface area contributed by atoms with E-state index >= 15 is 0 Å². The van der Waals surface area contributed by atoms with Gasteiger partial charge in [0, 0.05) is 0 Å². The third-order valence-electron chi connectivity index (χ3n) is 2.87.